The molecule has 0 saturated carbocycles. The second kappa shape index (κ2) is 8.03. The molecule has 0 unspecified atom stereocenters. The maximum absolute atomic E-state index is 12.1. The minimum atomic E-state index is -2.93. The van der Waals surface area contributed by atoms with Crippen LogP contribution in [0.15, 0.2) is 18.5 Å². The number of hydrogen-bond donors (Lipinski definition) is 3. The second-order valence-electron chi connectivity index (χ2n) is 5.29. The quantitative estimate of drug-likeness (QED) is 0.682. The molecule has 2 aromatic heterocycles. The van der Waals surface area contributed by atoms with Crippen LogP contribution >= 0.6 is 0 Å². The van der Waals surface area contributed by atoms with Gasteiger partial charge in [0.05, 0.1) is 12.4 Å². The third kappa shape index (κ3) is 4.73. The predicted molar refractivity (Wildman–Crippen MR) is 83.2 cm³/mol. The van der Waals surface area contributed by atoms with Gasteiger partial charge in [-0.05, 0) is 13.0 Å². The number of alkyl halides is 2. The van der Waals surface area contributed by atoms with Crippen molar-refractivity contribution < 1.29 is 23.0 Å². The first-order valence-electron chi connectivity index (χ1n) is 7.63. The SMILES string of the molecule is CO[C@@H]1CNCC[C@@H]1Oc1cncc(Nc2cc(OC(F)F)[nH]n2)n1. The molecule has 2 atom stereocenters. The molecular formula is C14H18F2N6O3. The van der Waals surface area contributed by atoms with Gasteiger partial charge in [0.2, 0.25) is 11.8 Å². The second-order valence-corrected chi connectivity index (χ2v) is 5.29. The number of piperidine rings is 1. The van der Waals surface area contributed by atoms with Crippen molar-refractivity contribution in [2.75, 3.05) is 25.5 Å². The zero-order chi connectivity index (χ0) is 17.6. The summed E-state index contributed by atoms with van der Waals surface area (Å²) in [5.41, 5.74) is 0. The Morgan fingerprint density at radius 3 is 2.96 bits per heavy atom. The number of hydrogen-bond acceptors (Lipinski definition) is 8. The van der Waals surface area contributed by atoms with Crippen LogP contribution in [0.3, 0.4) is 0 Å². The molecule has 0 bridgehead atoms. The zero-order valence-electron chi connectivity index (χ0n) is 13.4. The fourth-order valence-electron chi connectivity index (χ4n) is 2.45. The smallest absolute Gasteiger partial charge is 0.388 e. The number of aromatic nitrogens is 4. The summed E-state index contributed by atoms with van der Waals surface area (Å²) in [5, 5.41) is 12.2. The molecule has 11 heteroatoms. The van der Waals surface area contributed by atoms with Crippen LogP contribution in [-0.2, 0) is 4.74 Å². The third-order valence-corrected chi connectivity index (χ3v) is 3.58. The average Bonchev–Trinajstić information content (AvgIpc) is 3.02. The van der Waals surface area contributed by atoms with Crippen molar-refractivity contribution in [1.82, 2.24) is 25.5 Å². The van der Waals surface area contributed by atoms with E-state index in [1.54, 1.807) is 7.11 Å². The molecule has 0 aromatic carbocycles. The lowest BCUT2D eigenvalue weighted by Crippen LogP contribution is -2.47. The van der Waals surface area contributed by atoms with E-state index in [2.05, 4.69) is 35.5 Å². The summed E-state index contributed by atoms with van der Waals surface area (Å²) in [6.07, 6.45) is 3.53. The van der Waals surface area contributed by atoms with Crippen molar-refractivity contribution in [1.29, 1.82) is 0 Å². The number of nitrogens with one attached hydrogen (secondary N) is 3. The molecule has 25 heavy (non-hydrogen) atoms. The van der Waals surface area contributed by atoms with Crippen LogP contribution in [0, 0.1) is 0 Å². The highest BCUT2D eigenvalue weighted by atomic mass is 19.3. The summed E-state index contributed by atoms with van der Waals surface area (Å²) in [6, 6.07) is 1.29. The molecule has 1 fully saturated rings. The van der Waals surface area contributed by atoms with Crippen LogP contribution in [0.2, 0.25) is 0 Å². The van der Waals surface area contributed by atoms with E-state index in [1.807, 2.05) is 0 Å². The Balaban J connectivity index is 1.64. The molecule has 0 amide bonds. The Labute approximate surface area is 142 Å². The van der Waals surface area contributed by atoms with Gasteiger partial charge in [-0.15, -0.1) is 0 Å². The molecule has 1 saturated heterocycles. The first-order valence-corrected chi connectivity index (χ1v) is 7.63. The molecule has 3 rings (SSSR count). The third-order valence-electron chi connectivity index (χ3n) is 3.58. The fourth-order valence-corrected chi connectivity index (χ4v) is 2.45. The number of ether oxygens (including phenoxy) is 3. The highest BCUT2D eigenvalue weighted by Gasteiger charge is 2.27. The maximum atomic E-state index is 12.1. The van der Waals surface area contributed by atoms with Gasteiger partial charge < -0.3 is 24.8 Å². The summed E-state index contributed by atoms with van der Waals surface area (Å²) in [4.78, 5) is 8.34. The molecule has 3 heterocycles. The summed E-state index contributed by atoms with van der Waals surface area (Å²) in [5.74, 6) is 0.795. The van der Waals surface area contributed by atoms with E-state index in [0.717, 1.165) is 13.0 Å². The Kier molecular flexibility index (Phi) is 5.56. The molecule has 9 nitrogen and oxygen atoms in total. The molecule has 0 aliphatic carbocycles. The van der Waals surface area contributed by atoms with E-state index in [4.69, 9.17) is 9.47 Å². The number of nitrogens with zero attached hydrogens (tertiary/aromatic N) is 3. The summed E-state index contributed by atoms with van der Waals surface area (Å²) in [6.45, 7) is -1.40. The van der Waals surface area contributed by atoms with Crippen molar-refractivity contribution in [2.45, 2.75) is 25.2 Å². The van der Waals surface area contributed by atoms with Crippen molar-refractivity contribution in [3.8, 4) is 11.8 Å². The first kappa shape index (κ1) is 17.3. The van der Waals surface area contributed by atoms with E-state index >= 15 is 0 Å². The molecule has 136 valence electrons. The van der Waals surface area contributed by atoms with E-state index in [9.17, 15) is 8.78 Å². The standard InChI is InChI=1S/C14H18F2N6O3/c1-23-9-5-17-3-2-8(9)24-13-7-18-6-11(20-13)19-10-4-12(22-21-10)25-14(15)16/h4,6-9,14,17H,2-3,5H2,1H3,(H2,19,20,21,22)/t8-,9+/m0/s1. The van der Waals surface area contributed by atoms with Gasteiger partial charge >= 0.3 is 6.61 Å². The number of H-pyrrole nitrogens is 1. The molecule has 0 radical (unpaired) electrons. The van der Waals surface area contributed by atoms with E-state index < -0.39 is 6.61 Å². The van der Waals surface area contributed by atoms with Gasteiger partial charge in [0, 0.05) is 19.7 Å². The largest absolute Gasteiger partial charge is 0.470 e. The van der Waals surface area contributed by atoms with Gasteiger partial charge in [0.1, 0.15) is 12.2 Å². The number of halogens is 2. The summed E-state index contributed by atoms with van der Waals surface area (Å²) < 4.78 is 39.8. The highest BCUT2D eigenvalue weighted by Crippen LogP contribution is 2.21. The zero-order valence-corrected chi connectivity index (χ0v) is 13.4. The van der Waals surface area contributed by atoms with Crippen LogP contribution < -0.4 is 20.1 Å². The normalized spacial score (nSPS) is 20.5. The molecular weight excluding hydrogens is 338 g/mol. The first-order chi connectivity index (χ1) is 12.1. The lowest BCUT2D eigenvalue weighted by atomic mass is 10.1. The van der Waals surface area contributed by atoms with Crippen LogP contribution in [0.1, 0.15) is 6.42 Å². The molecule has 3 N–H and O–H groups in total. The van der Waals surface area contributed by atoms with Crippen LogP contribution in [-0.4, -0.2) is 59.2 Å². The summed E-state index contributed by atoms with van der Waals surface area (Å²) in [7, 11) is 1.63. The lowest BCUT2D eigenvalue weighted by Gasteiger charge is -2.30. The Morgan fingerprint density at radius 1 is 1.28 bits per heavy atom. The predicted octanol–water partition coefficient (Wildman–Crippen LogP) is 1.30. The van der Waals surface area contributed by atoms with Crippen molar-refractivity contribution >= 4 is 11.6 Å². The Morgan fingerprint density at radius 2 is 2.16 bits per heavy atom. The highest BCUT2D eigenvalue weighted by molar-refractivity contribution is 5.51. The Bertz CT molecular complexity index is 686. The number of anilines is 2. The van der Waals surface area contributed by atoms with Crippen LogP contribution in [0.25, 0.3) is 0 Å². The van der Waals surface area contributed by atoms with Crippen molar-refractivity contribution in [3.63, 3.8) is 0 Å². The van der Waals surface area contributed by atoms with Crippen molar-refractivity contribution in [3.05, 3.63) is 18.5 Å². The molecule has 1 aliphatic rings. The maximum Gasteiger partial charge on any atom is 0.388 e. The lowest BCUT2D eigenvalue weighted by molar-refractivity contribution is -0.0528. The van der Waals surface area contributed by atoms with Gasteiger partial charge in [0.25, 0.3) is 0 Å². The van der Waals surface area contributed by atoms with Gasteiger partial charge in [-0.3, -0.25) is 4.98 Å². The van der Waals surface area contributed by atoms with Crippen LogP contribution in [0.5, 0.6) is 11.8 Å². The van der Waals surface area contributed by atoms with E-state index in [-0.39, 0.29) is 23.9 Å². The summed E-state index contributed by atoms with van der Waals surface area (Å²) >= 11 is 0. The monoisotopic (exact) mass is 356 g/mol. The minimum Gasteiger partial charge on any atom is -0.470 e. The topological polar surface area (TPSA) is 106 Å². The fraction of sp³-hybridized carbons (Fsp3) is 0.500. The van der Waals surface area contributed by atoms with Crippen LogP contribution in [0.4, 0.5) is 20.4 Å². The number of aromatic amines is 1. The molecule has 2 aromatic rings. The molecule has 1 aliphatic heterocycles. The number of rotatable bonds is 7. The molecule has 0 spiro atoms. The van der Waals surface area contributed by atoms with Crippen molar-refractivity contribution in [2.24, 2.45) is 0 Å². The Hall–Kier alpha value is -2.53. The van der Waals surface area contributed by atoms with Gasteiger partial charge in [0.15, 0.2) is 11.6 Å². The average molecular weight is 356 g/mol. The number of methoxy groups -OCH3 is 1. The van der Waals surface area contributed by atoms with E-state index in [0.29, 0.717) is 18.2 Å². The van der Waals surface area contributed by atoms with E-state index in [1.165, 1.54) is 18.5 Å². The van der Waals surface area contributed by atoms with Gasteiger partial charge in [-0.25, -0.2) is 5.10 Å². The minimum absolute atomic E-state index is 0.0763. The van der Waals surface area contributed by atoms with Gasteiger partial charge in [-0.2, -0.15) is 18.9 Å². The van der Waals surface area contributed by atoms with Gasteiger partial charge in [-0.1, -0.05) is 0 Å².